The molecule has 0 saturated carbocycles. The lowest BCUT2D eigenvalue weighted by molar-refractivity contribution is -0.119. The van der Waals surface area contributed by atoms with Gasteiger partial charge in [-0.15, -0.1) is 11.3 Å². The van der Waals surface area contributed by atoms with E-state index in [9.17, 15) is 4.79 Å². The predicted octanol–water partition coefficient (Wildman–Crippen LogP) is -0.474. The molecule has 4 N–H and O–H groups in total. The maximum Gasteiger partial charge on any atom is 0.231 e. The Labute approximate surface area is 79.3 Å². The molecule has 1 aliphatic rings. The standard InChI is InChI=1S/C7H10N4OS/c8-6(12)3-11-1-4-5(2-11)13-7(9)10-4/h1-3H2,(H2,8,12)(H2,9,10). The first-order chi connectivity index (χ1) is 6.15. The number of carbonyl (C=O) groups excluding carboxylic acids is 1. The Hall–Kier alpha value is -1.14. The van der Waals surface area contributed by atoms with Crippen molar-refractivity contribution in [1.82, 2.24) is 9.88 Å². The number of hydrogen-bond acceptors (Lipinski definition) is 5. The van der Waals surface area contributed by atoms with Crippen LogP contribution >= 0.6 is 11.3 Å². The van der Waals surface area contributed by atoms with Crippen LogP contribution in [0.15, 0.2) is 0 Å². The Morgan fingerprint density at radius 1 is 1.62 bits per heavy atom. The molecule has 0 bridgehead atoms. The normalized spacial score (nSPS) is 16.0. The van der Waals surface area contributed by atoms with Gasteiger partial charge in [-0.3, -0.25) is 9.69 Å². The van der Waals surface area contributed by atoms with Crippen LogP contribution in [0.1, 0.15) is 10.6 Å². The lowest BCUT2D eigenvalue weighted by Crippen LogP contribution is -2.29. The molecule has 1 aromatic rings. The number of thiazole rings is 1. The molecule has 70 valence electrons. The van der Waals surface area contributed by atoms with Gasteiger partial charge in [-0.25, -0.2) is 4.98 Å². The average molecular weight is 198 g/mol. The summed E-state index contributed by atoms with van der Waals surface area (Å²) in [4.78, 5) is 17.9. The minimum absolute atomic E-state index is 0.295. The lowest BCUT2D eigenvalue weighted by Gasteiger charge is -2.10. The number of nitrogen functional groups attached to an aromatic ring is 1. The molecule has 0 fully saturated rings. The highest BCUT2D eigenvalue weighted by Crippen LogP contribution is 2.28. The fourth-order valence-corrected chi connectivity index (χ4v) is 2.34. The molecule has 5 nitrogen and oxygen atoms in total. The molecule has 1 aliphatic heterocycles. The van der Waals surface area contributed by atoms with E-state index in [-0.39, 0.29) is 5.91 Å². The Balaban J connectivity index is 2.06. The van der Waals surface area contributed by atoms with Crippen LogP contribution in [0.2, 0.25) is 0 Å². The minimum atomic E-state index is -0.303. The number of nitrogens with zero attached hydrogens (tertiary/aromatic N) is 2. The third-order valence-corrected chi connectivity index (χ3v) is 2.83. The first-order valence-corrected chi connectivity index (χ1v) is 4.71. The zero-order chi connectivity index (χ0) is 9.42. The van der Waals surface area contributed by atoms with E-state index in [1.807, 2.05) is 4.90 Å². The van der Waals surface area contributed by atoms with E-state index >= 15 is 0 Å². The summed E-state index contributed by atoms with van der Waals surface area (Å²) in [7, 11) is 0. The van der Waals surface area contributed by atoms with E-state index in [1.54, 1.807) is 0 Å². The van der Waals surface area contributed by atoms with Crippen LogP contribution in [-0.4, -0.2) is 22.3 Å². The van der Waals surface area contributed by atoms with Crippen molar-refractivity contribution in [3.05, 3.63) is 10.6 Å². The molecule has 6 heteroatoms. The minimum Gasteiger partial charge on any atom is -0.375 e. The molecular weight excluding hydrogens is 188 g/mol. The Morgan fingerprint density at radius 2 is 2.38 bits per heavy atom. The van der Waals surface area contributed by atoms with E-state index in [1.165, 1.54) is 11.3 Å². The smallest absolute Gasteiger partial charge is 0.231 e. The maximum absolute atomic E-state index is 10.6. The zero-order valence-corrected chi connectivity index (χ0v) is 7.80. The number of aromatic nitrogens is 1. The molecule has 1 amide bonds. The average Bonchev–Trinajstić information content (AvgIpc) is 2.41. The number of carbonyl (C=O) groups is 1. The van der Waals surface area contributed by atoms with Crippen LogP contribution < -0.4 is 11.5 Å². The second kappa shape index (κ2) is 2.97. The largest absolute Gasteiger partial charge is 0.375 e. The summed E-state index contributed by atoms with van der Waals surface area (Å²) in [5.74, 6) is -0.303. The van der Waals surface area contributed by atoms with Crippen molar-refractivity contribution in [1.29, 1.82) is 0 Å². The molecule has 0 aromatic carbocycles. The van der Waals surface area contributed by atoms with Gasteiger partial charge in [0.2, 0.25) is 5.91 Å². The van der Waals surface area contributed by atoms with Crippen LogP contribution in [0.25, 0.3) is 0 Å². The molecule has 0 aliphatic carbocycles. The second-order valence-corrected chi connectivity index (χ2v) is 4.15. The lowest BCUT2D eigenvalue weighted by atomic mass is 10.4. The summed E-state index contributed by atoms with van der Waals surface area (Å²) < 4.78 is 0. The van der Waals surface area contributed by atoms with E-state index in [4.69, 9.17) is 11.5 Å². The summed E-state index contributed by atoms with van der Waals surface area (Å²) in [6.45, 7) is 1.72. The summed E-state index contributed by atoms with van der Waals surface area (Å²) in [6.07, 6.45) is 0. The van der Waals surface area contributed by atoms with Gasteiger partial charge in [-0.05, 0) is 0 Å². The van der Waals surface area contributed by atoms with Gasteiger partial charge in [-0.1, -0.05) is 0 Å². The van der Waals surface area contributed by atoms with Gasteiger partial charge in [0.25, 0.3) is 0 Å². The molecule has 2 heterocycles. The number of anilines is 1. The fourth-order valence-electron chi connectivity index (χ4n) is 1.45. The van der Waals surface area contributed by atoms with E-state index in [2.05, 4.69) is 4.98 Å². The monoisotopic (exact) mass is 198 g/mol. The molecule has 13 heavy (non-hydrogen) atoms. The van der Waals surface area contributed by atoms with Crippen molar-refractivity contribution in [2.45, 2.75) is 13.1 Å². The van der Waals surface area contributed by atoms with Crippen molar-refractivity contribution < 1.29 is 4.79 Å². The topological polar surface area (TPSA) is 85.2 Å². The molecule has 0 atom stereocenters. The van der Waals surface area contributed by atoms with Crippen LogP contribution in [0, 0.1) is 0 Å². The van der Waals surface area contributed by atoms with Gasteiger partial charge >= 0.3 is 0 Å². The van der Waals surface area contributed by atoms with Gasteiger partial charge in [0.05, 0.1) is 12.2 Å². The number of primary amides is 1. The Kier molecular flexibility index (Phi) is 1.93. The fraction of sp³-hybridized carbons (Fsp3) is 0.429. The van der Waals surface area contributed by atoms with Crippen LogP contribution in [0.4, 0.5) is 5.13 Å². The highest BCUT2D eigenvalue weighted by Gasteiger charge is 2.23. The first kappa shape index (κ1) is 8.46. The SMILES string of the molecule is NC(=O)CN1Cc2nc(N)sc2C1. The first-order valence-electron chi connectivity index (χ1n) is 3.90. The summed E-state index contributed by atoms with van der Waals surface area (Å²) >= 11 is 1.48. The number of rotatable bonds is 2. The zero-order valence-electron chi connectivity index (χ0n) is 6.99. The molecule has 2 rings (SSSR count). The third kappa shape index (κ3) is 1.63. The van der Waals surface area contributed by atoms with Crippen molar-refractivity contribution in [3.8, 4) is 0 Å². The van der Waals surface area contributed by atoms with Gasteiger partial charge in [0.15, 0.2) is 5.13 Å². The molecule has 0 radical (unpaired) electrons. The van der Waals surface area contributed by atoms with E-state index in [0.29, 0.717) is 18.2 Å². The van der Waals surface area contributed by atoms with E-state index < -0.39 is 0 Å². The van der Waals surface area contributed by atoms with Crippen molar-refractivity contribution >= 4 is 22.4 Å². The Bertz CT molecular complexity index is 325. The van der Waals surface area contributed by atoms with Gasteiger partial charge in [0, 0.05) is 18.0 Å². The van der Waals surface area contributed by atoms with Crippen LogP contribution in [0.3, 0.4) is 0 Å². The molecule has 0 unspecified atom stereocenters. The number of amides is 1. The summed E-state index contributed by atoms with van der Waals surface area (Å²) in [5.41, 5.74) is 11.6. The maximum atomic E-state index is 10.6. The second-order valence-electron chi connectivity index (χ2n) is 3.03. The van der Waals surface area contributed by atoms with Gasteiger partial charge < -0.3 is 11.5 Å². The van der Waals surface area contributed by atoms with Crippen LogP contribution in [0.5, 0.6) is 0 Å². The highest BCUT2D eigenvalue weighted by atomic mass is 32.1. The Morgan fingerprint density at radius 3 is 3.00 bits per heavy atom. The number of hydrogen-bond donors (Lipinski definition) is 2. The summed E-state index contributed by atoms with van der Waals surface area (Å²) in [5, 5.41) is 0.601. The molecule has 0 saturated heterocycles. The summed E-state index contributed by atoms with van der Waals surface area (Å²) in [6, 6.07) is 0. The quantitative estimate of drug-likeness (QED) is 0.672. The van der Waals surface area contributed by atoms with Gasteiger partial charge in [0.1, 0.15) is 0 Å². The number of nitrogens with two attached hydrogens (primary N) is 2. The van der Waals surface area contributed by atoms with Gasteiger partial charge in [-0.2, -0.15) is 0 Å². The van der Waals surface area contributed by atoms with E-state index in [0.717, 1.165) is 17.1 Å². The third-order valence-electron chi connectivity index (χ3n) is 1.91. The van der Waals surface area contributed by atoms with Crippen LogP contribution in [-0.2, 0) is 17.9 Å². The van der Waals surface area contributed by atoms with Crippen molar-refractivity contribution in [3.63, 3.8) is 0 Å². The van der Waals surface area contributed by atoms with Crippen molar-refractivity contribution in [2.75, 3.05) is 12.3 Å². The molecule has 1 aromatic heterocycles. The number of fused-ring (bicyclic) bond motifs is 1. The highest BCUT2D eigenvalue weighted by molar-refractivity contribution is 7.15. The molecule has 0 spiro atoms. The predicted molar refractivity (Wildman–Crippen MR) is 49.8 cm³/mol. The van der Waals surface area contributed by atoms with Crippen molar-refractivity contribution in [2.24, 2.45) is 5.73 Å². The molecular formula is C7H10N4OS.